The molecule has 0 aliphatic carbocycles. The maximum absolute atomic E-state index is 11.9. The third kappa shape index (κ3) is 4.37. The average Bonchev–Trinajstić information content (AvgIpc) is 2.36. The number of carbonyl (C=O) groups excluding carboxylic acids is 1. The van der Waals surface area contributed by atoms with E-state index in [0.717, 1.165) is 6.42 Å². The molecule has 1 N–H and O–H groups in total. The Hall–Kier alpha value is -1.55. The first-order valence-electron chi connectivity index (χ1n) is 6.15. The van der Waals surface area contributed by atoms with Crippen molar-refractivity contribution in [3.8, 4) is 5.75 Å². The number of nitrogens with zero attached hydrogens (tertiary/aromatic N) is 1. The maximum atomic E-state index is 11.9. The van der Waals surface area contributed by atoms with Crippen LogP contribution in [0.4, 0.5) is 4.79 Å². The standard InChI is InChI=1S/C14H21NO3/c1-11(2)9-12(10-16)15(3)14(17)18-13-7-5-4-6-8-13/h4-8,11-12,16H,9-10H2,1-3H3/t12-/m0/s1. The minimum absolute atomic E-state index is 0.0570. The van der Waals surface area contributed by atoms with E-state index in [2.05, 4.69) is 13.8 Å². The maximum Gasteiger partial charge on any atom is 0.415 e. The Morgan fingerprint density at radius 3 is 2.44 bits per heavy atom. The van der Waals surface area contributed by atoms with Crippen molar-refractivity contribution >= 4 is 6.09 Å². The fourth-order valence-corrected chi connectivity index (χ4v) is 1.71. The third-order valence-electron chi connectivity index (χ3n) is 2.74. The number of rotatable bonds is 5. The second-order valence-corrected chi connectivity index (χ2v) is 4.76. The highest BCUT2D eigenvalue weighted by Gasteiger charge is 2.21. The molecule has 0 aliphatic heterocycles. The second-order valence-electron chi connectivity index (χ2n) is 4.76. The van der Waals surface area contributed by atoms with Crippen LogP contribution < -0.4 is 4.74 Å². The van der Waals surface area contributed by atoms with Gasteiger partial charge in [0.25, 0.3) is 0 Å². The van der Waals surface area contributed by atoms with Crippen LogP contribution in [-0.2, 0) is 0 Å². The molecule has 0 heterocycles. The molecule has 1 aromatic carbocycles. The summed E-state index contributed by atoms with van der Waals surface area (Å²) in [5.41, 5.74) is 0. The Kier molecular flexibility index (Phi) is 5.65. The van der Waals surface area contributed by atoms with E-state index in [-0.39, 0.29) is 12.6 Å². The summed E-state index contributed by atoms with van der Waals surface area (Å²) in [6.45, 7) is 4.05. The molecule has 1 aromatic rings. The topological polar surface area (TPSA) is 49.8 Å². The molecule has 0 aliphatic rings. The largest absolute Gasteiger partial charge is 0.415 e. The number of benzene rings is 1. The summed E-state index contributed by atoms with van der Waals surface area (Å²) in [6.07, 6.45) is 0.303. The van der Waals surface area contributed by atoms with Crippen LogP contribution in [0, 0.1) is 5.92 Å². The van der Waals surface area contributed by atoms with Crippen molar-refractivity contribution in [3.63, 3.8) is 0 Å². The van der Waals surface area contributed by atoms with Crippen LogP contribution in [0.25, 0.3) is 0 Å². The predicted octanol–water partition coefficient (Wildman–Crippen LogP) is 2.52. The van der Waals surface area contributed by atoms with Crippen molar-refractivity contribution in [2.45, 2.75) is 26.3 Å². The molecule has 18 heavy (non-hydrogen) atoms. The fraction of sp³-hybridized carbons (Fsp3) is 0.500. The number of likely N-dealkylation sites (N-methyl/N-ethyl adjacent to an activating group) is 1. The summed E-state index contributed by atoms with van der Waals surface area (Å²) in [6, 6.07) is 8.71. The lowest BCUT2D eigenvalue weighted by molar-refractivity contribution is 0.109. The van der Waals surface area contributed by atoms with Crippen molar-refractivity contribution in [1.29, 1.82) is 0 Å². The van der Waals surface area contributed by atoms with Crippen LogP contribution in [0.1, 0.15) is 20.3 Å². The van der Waals surface area contributed by atoms with E-state index in [0.29, 0.717) is 11.7 Å². The molecule has 4 heteroatoms. The number of hydrogen-bond donors (Lipinski definition) is 1. The van der Waals surface area contributed by atoms with Gasteiger partial charge in [-0.3, -0.25) is 0 Å². The molecular weight excluding hydrogens is 230 g/mol. The molecule has 0 spiro atoms. The molecule has 0 bridgehead atoms. The van der Waals surface area contributed by atoms with Gasteiger partial charge >= 0.3 is 6.09 Å². The van der Waals surface area contributed by atoms with Gasteiger partial charge in [0.1, 0.15) is 5.75 Å². The number of para-hydroxylation sites is 1. The minimum atomic E-state index is -0.444. The van der Waals surface area contributed by atoms with Gasteiger partial charge in [-0.25, -0.2) is 4.79 Å². The predicted molar refractivity (Wildman–Crippen MR) is 70.6 cm³/mol. The number of hydrogen-bond acceptors (Lipinski definition) is 3. The highest BCUT2D eigenvalue weighted by atomic mass is 16.6. The van der Waals surface area contributed by atoms with Crippen LogP contribution in [0.2, 0.25) is 0 Å². The molecule has 100 valence electrons. The first kappa shape index (κ1) is 14.5. The molecule has 0 saturated carbocycles. The number of aliphatic hydroxyl groups excluding tert-OH is 1. The lowest BCUT2D eigenvalue weighted by Gasteiger charge is -2.27. The van der Waals surface area contributed by atoms with Gasteiger partial charge in [0.15, 0.2) is 0 Å². The van der Waals surface area contributed by atoms with E-state index >= 15 is 0 Å². The van der Waals surface area contributed by atoms with Crippen LogP contribution in [0.5, 0.6) is 5.75 Å². The Labute approximate surface area is 108 Å². The molecule has 0 fully saturated rings. The Morgan fingerprint density at radius 1 is 1.33 bits per heavy atom. The molecule has 1 amide bonds. The second kappa shape index (κ2) is 7.01. The Bertz CT molecular complexity index is 365. The Balaban J connectivity index is 2.59. The van der Waals surface area contributed by atoms with E-state index in [1.54, 1.807) is 31.3 Å². The van der Waals surface area contributed by atoms with Gasteiger partial charge < -0.3 is 14.7 Å². The number of amides is 1. The van der Waals surface area contributed by atoms with Crippen LogP contribution in [0.15, 0.2) is 30.3 Å². The van der Waals surface area contributed by atoms with Gasteiger partial charge in [0.2, 0.25) is 0 Å². The zero-order valence-corrected chi connectivity index (χ0v) is 11.2. The van der Waals surface area contributed by atoms with Crippen LogP contribution in [-0.4, -0.2) is 35.8 Å². The fourth-order valence-electron chi connectivity index (χ4n) is 1.71. The number of ether oxygens (including phenoxy) is 1. The van der Waals surface area contributed by atoms with Crippen LogP contribution in [0.3, 0.4) is 0 Å². The molecule has 0 radical (unpaired) electrons. The van der Waals surface area contributed by atoms with Gasteiger partial charge in [-0.15, -0.1) is 0 Å². The number of carbonyl (C=O) groups is 1. The molecule has 0 unspecified atom stereocenters. The van der Waals surface area contributed by atoms with Crippen LogP contribution >= 0.6 is 0 Å². The summed E-state index contributed by atoms with van der Waals surface area (Å²) in [7, 11) is 1.65. The van der Waals surface area contributed by atoms with Gasteiger partial charge in [-0.1, -0.05) is 32.0 Å². The quantitative estimate of drug-likeness (QED) is 0.874. The van der Waals surface area contributed by atoms with Crippen molar-refractivity contribution < 1.29 is 14.6 Å². The highest BCUT2D eigenvalue weighted by Crippen LogP contribution is 2.14. The van der Waals surface area contributed by atoms with Gasteiger partial charge in [0.05, 0.1) is 12.6 Å². The van der Waals surface area contributed by atoms with E-state index in [1.165, 1.54) is 4.90 Å². The van der Waals surface area contributed by atoms with Crippen molar-refractivity contribution in [1.82, 2.24) is 4.90 Å². The summed E-state index contributed by atoms with van der Waals surface area (Å²) in [5, 5.41) is 9.31. The zero-order valence-electron chi connectivity index (χ0n) is 11.2. The van der Waals surface area contributed by atoms with Gasteiger partial charge in [-0.2, -0.15) is 0 Å². The molecule has 1 rings (SSSR count). The first-order chi connectivity index (χ1) is 8.54. The van der Waals surface area contributed by atoms with Crippen molar-refractivity contribution in [2.75, 3.05) is 13.7 Å². The first-order valence-corrected chi connectivity index (χ1v) is 6.15. The normalized spacial score (nSPS) is 12.3. The van der Waals surface area contributed by atoms with E-state index < -0.39 is 6.09 Å². The number of aliphatic hydroxyl groups is 1. The minimum Gasteiger partial charge on any atom is -0.410 e. The van der Waals surface area contributed by atoms with Gasteiger partial charge in [-0.05, 0) is 24.5 Å². The lowest BCUT2D eigenvalue weighted by Crippen LogP contribution is -2.41. The van der Waals surface area contributed by atoms with E-state index in [9.17, 15) is 9.90 Å². The summed E-state index contributed by atoms with van der Waals surface area (Å²) in [4.78, 5) is 13.3. The smallest absolute Gasteiger partial charge is 0.410 e. The summed E-state index contributed by atoms with van der Waals surface area (Å²) >= 11 is 0. The highest BCUT2D eigenvalue weighted by molar-refractivity contribution is 5.70. The summed E-state index contributed by atoms with van der Waals surface area (Å²) in [5.74, 6) is 0.921. The average molecular weight is 251 g/mol. The van der Waals surface area contributed by atoms with Crippen molar-refractivity contribution in [3.05, 3.63) is 30.3 Å². The van der Waals surface area contributed by atoms with E-state index in [4.69, 9.17) is 4.74 Å². The molecule has 1 atom stereocenters. The monoisotopic (exact) mass is 251 g/mol. The van der Waals surface area contributed by atoms with E-state index in [1.807, 2.05) is 6.07 Å². The third-order valence-corrected chi connectivity index (χ3v) is 2.74. The molecule has 4 nitrogen and oxygen atoms in total. The molecule has 0 saturated heterocycles. The Morgan fingerprint density at radius 2 is 1.94 bits per heavy atom. The molecule has 0 aromatic heterocycles. The van der Waals surface area contributed by atoms with Crippen molar-refractivity contribution in [2.24, 2.45) is 5.92 Å². The molecular formula is C14H21NO3. The van der Waals surface area contributed by atoms with Gasteiger partial charge in [0, 0.05) is 7.05 Å². The lowest BCUT2D eigenvalue weighted by atomic mass is 10.0. The SMILES string of the molecule is CC(C)C[C@@H](CO)N(C)C(=O)Oc1ccccc1. The zero-order chi connectivity index (χ0) is 13.5. The summed E-state index contributed by atoms with van der Waals surface area (Å²) < 4.78 is 5.22.